The zero-order valence-corrected chi connectivity index (χ0v) is 41.6. The average Bonchev–Trinajstić information content (AvgIpc) is 3.24. The van der Waals surface area contributed by atoms with E-state index in [0.717, 1.165) is 63.7 Å². The van der Waals surface area contributed by atoms with Gasteiger partial charge in [0, 0.05) is 19.3 Å². The molecule has 0 radical (unpaired) electrons. The van der Waals surface area contributed by atoms with Crippen molar-refractivity contribution in [3.05, 3.63) is 0 Å². The minimum Gasteiger partial charge on any atom is -0.462 e. The van der Waals surface area contributed by atoms with Gasteiger partial charge < -0.3 is 14.2 Å². The summed E-state index contributed by atoms with van der Waals surface area (Å²) in [6, 6.07) is 0. The second-order valence-electron chi connectivity index (χ2n) is 19.3. The standard InChI is InChI=1S/C55H106O6/c1-5-7-9-11-13-15-17-19-20-21-22-23-25-26-30-34-38-42-46-53(56)59-49-52(50-60-54(57)47-43-39-35-32-28-29-33-37-41-45-51(3)4)61-55(58)48-44-40-36-31-27-24-18-16-14-12-10-8-6-2/h51-52H,5-50H2,1-4H3/t52-/m0/s1. The molecule has 61 heavy (non-hydrogen) atoms. The first-order valence-electron chi connectivity index (χ1n) is 27.4. The van der Waals surface area contributed by atoms with Crippen LogP contribution < -0.4 is 0 Å². The number of esters is 3. The molecular weight excluding hydrogens is 757 g/mol. The van der Waals surface area contributed by atoms with E-state index in [1.165, 1.54) is 205 Å². The van der Waals surface area contributed by atoms with Crippen LogP contribution in [0, 0.1) is 5.92 Å². The molecule has 0 bridgehead atoms. The van der Waals surface area contributed by atoms with Crippen molar-refractivity contribution < 1.29 is 28.6 Å². The Morgan fingerprint density at radius 1 is 0.311 bits per heavy atom. The van der Waals surface area contributed by atoms with Crippen LogP contribution in [-0.4, -0.2) is 37.2 Å². The number of hydrogen-bond acceptors (Lipinski definition) is 6. The van der Waals surface area contributed by atoms with Gasteiger partial charge in [0.05, 0.1) is 0 Å². The van der Waals surface area contributed by atoms with Gasteiger partial charge in [-0.3, -0.25) is 14.4 Å². The van der Waals surface area contributed by atoms with Crippen molar-refractivity contribution in [2.75, 3.05) is 13.2 Å². The minimum atomic E-state index is -0.761. The Morgan fingerprint density at radius 3 is 0.803 bits per heavy atom. The summed E-state index contributed by atoms with van der Waals surface area (Å²) in [4.78, 5) is 38.0. The molecule has 0 aliphatic carbocycles. The molecule has 0 aromatic rings. The number of ether oxygens (including phenoxy) is 3. The molecule has 0 aliphatic rings. The van der Waals surface area contributed by atoms with Crippen LogP contribution in [0.2, 0.25) is 0 Å². The predicted octanol–water partition coefficient (Wildman–Crippen LogP) is 17.8. The summed E-state index contributed by atoms with van der Waals surface area (Å²) in [5.74, 6) is -0.0330. The van der Waals surface area contributed by atoms with Crippen molar-refractivity contribution in [2.24, 2.45) is 5.92 Å². The molecule has 0 fully saturated rings. The number of hydrogen-bond donors (Lipinski definition) is 0. The van der Waals surface area contributed by atoms with Crippen molar-refractivity contribution in [3.8, 4) is 0 Å². The third kappa shape index (κ3) is 49.3. The van der Waals surface area contributed by atoms with Crippen molar-refractivity contribution in [1.82, 2.24) is 0 Å². The molecule has 0 unspecified atom stereocenters. The average molecular weight is 863 g/mol. The Morgan fingerprint density at radius 2 is 0.541 bits per heavy atom. The highest BCUT2D eigenvalue weighted by Gasteiger charge is 2.19. The third-order valence-electron chi connectivity index (χ3n) is 12.5. The van der Waals surface area contributed by atoms with Crippen LogP contribution in [0.15, 0.2) is 0 Å². The quantitative estimate of drug-likeness (QED) is 0.0344. The molecule has 0 aliphatic heterocycles. The van der Waals surface area contributed by atoms with Crippen LogP contribution in [0.3, 0.4) is 0 Å². The number of unbranched alkanes of at least 4 members (excludes halogenated alkanes) is 37. The fourth-order valence-corrected chi connectivity index (χ4v) is 8.39. The molecule has 0 saturated carbocycles. The van der Waals surface area contributed by atoms with E-state index in [2.05, 4.69) is 27.7 Å². The molecule has 1 atom stereocenters. The predicted molar refractivity (Wildman–Crippen MR) is 261 cm³/mol. The number of carbonyl (C=O) groups excluding carboxylic acids is 3. The largest absolute Gasteiger partial charge is 0.462 e. The Hall–Kier alpha value is -1.59. The van der Waals surface area contributed by atoms with Crippen molar-refractivity contribution in [3.63, 3.8) is 0 Å². The van der Waals surface area contributed by atoms with Gasteiger partial charge in [-0.25, -0.2) is 0 Å². The molecule has 6 nitrogen and oxygen atoms in total. The highest BCUT2D eigenvalue weighted by molar-refractivity contribution is 5.71. The van der Waals surface area contributed by atoms with Gasteiger partial charge in [0.15, 0.2) is 6.10 Å². The maximum Gasteiger partial charge on any atom is 0.306 e. The molecule has 362 valence electrons. The van der Waals surface area contributed by atoms with Gasteiger partial charge in [-0.15, -0.1) is 0 Å². The topological polar surface area (TPSA) is 78.9 Å². The Bertz CT molecular complexity index is 918. The fourth-order valence-electron chi connectivity index (χ4n) is 8.39. The molecule has 0 heterocycles. The summed E-state index contributed by atoms with van der Waals surface area (Å²) in [6.45, 7) is 9.02. The number of carbonyl (C=O) groups is 3. The molecule has 0 aromatic carbocycles. The van der Waals surface area contributed by atoms with E-state index in [0.29, 0.717) is 19.3 Å². The van der Waals surface area contributed by atoms with E-state index in [9.17, 15) is 14.4 Å². The van der Waals surface area contributed by atoms with Crippen molar-refractivity contribution in [1.29, 1.82) is 0 Å². The molecule has 0 N–H and O–H groups in total. The van der Waals surface area contributed by atoms with Crippen LogP contribution in [-0.2, 0) is 28.6 Å². The van der Waals surface area contributed by atoms with Gasteiger partial charge in [0.1, 0.15) is 13.2 Å². The monoisotopic (exact) mass is 863 g/mol. The van der Waals surface area contributed by atoms with Crippen molar-refractivity contribution >= 4 is 17.9 Å². The smallest absolute Gasteiger partial charge is 0.306 e. The maximum absolute atomic E-state index is 12.8. The van der Waals surface area contributed by atoms with E-state index >= 15 is 0 Å². The van der Waals surface area contributed by atoms with Gasteiger partial charge in [-0.2, -0.15) is 0 Å². The lowest BCUT2D eigenvalue weighted by atomic mass is 10.0. The van der Waals surface area contributed by atoms with Crippen LogP contribution >= 0.6 is 0 Å². The van der Waals surface area contributed by atoms with Crippen LogP contribution in [0.25, 0.3) is 0 Å². The summed E-state index contributed by atoms with van der Waals surface area (Å²) in [5, 5.41) is 0. The number of rotatable bonds is 50. The van der Waals surface area contributed by atoms with E-state index in [4.69, 9.17) is 14.2 Å². The van der Waals surface area contributed by atoms with Gasteiger partial charge in [0.2, 0.25) is 0 Å². The minimum absolute atomic E-state index is 0.0625. The zero-order valence-electron chi connectivity index (χ0n) is 41.6. The van der Waals surface area contributed by atoms with Gasteiger partial charge in [-0.1, -0.05) is 272 Å². The Labute approximate surface area is 380 Å². The lowest BCUT2D eigenvalue weighted by Gasteiger charge is -2.18. The second kappa shape index (κ2) is 49.4. The van der Waals surface area contributed by atoms with E-state index in [1.54, 1.807) is 0 Å². The first kappa shape index (κ1) is 59.4. The summed E-state index contributed by atoms with van der Waals surface area (Å²) in [6.07, 6.45) is 52.3. The van der Waals surface area contributed by atoms with Crippen LogP contribution in [0.5, 0.6) is 0 Å². The summed E-state index contributed by atoms with van der Waals surface area (Å²) >= 11 is 0. The zero-order chi connectivity index (χ0) is 44.5. The Kier molecular flexibility index (Phi) is 48.1. The van der Waals surface area contributed by atoms with Crippen LogP contribution in [0.4, 0.5) is 0 Å². The fraction of sp³-hybridized carbons (Fsp3) is 0.945. The SMILES string of the molecule is CCCCCCCCCCCCCCCCCCCCC(=O)OC[C@@H](COC(=O)CCCCCCCCCCCC(C)C)OC(=O)CCCCCCCCCCCCCCC. The third-order valence-corrected chi connectivity index (χ3v) is 12.5. The highest BCUT2D eigenvalue weighted by atomic mass is 16.6. The molecule has 0 aromatic heterocycles. The lowest BCUT2D eigenvalue weighted by molar-refractivity contribution is -0.167. The molecule has 0 spiro atoms. The van der Waals surface area contributed by atoms with E-state index in [1.807, 2.05) is 0 Å². The first-order chi connectivity index (χ1) is 29.9. The molecular formula is C55H106O6. The van der Waals surface area contributed by atoms with Gasteiger partial charge >= 0.3 is 17.9 Å². The highest BCUT2D eigenvalue weighted by Crippen LogP contribution is 2.17. The van der Waals surface area contributed by atoms with E-state index < -0.39 is 6.10 Å². The summed E-state index contributed by atoms with van der Waals surface area (Å²) < 4.78 is 16.8. The summed E-state index contributed by atoms with van der Waals surface area (Å²) in [5.41, 5.74) is 0. The van der Waals surface area contributed by atoms with Gasteiger partial charge in [0.25, 0.3) is 0 Å². The normalized spacial score (nSPS) is 12.0. The van der Waals surface area contributed by atoms with Gasteiger partial charge in [-0.05, 0) is 25.2 Å². The van der Waals surface area contributed by atoms with Crippen molar-refractivity contribution in [2.45, 2.75) is 316 Å². The second-order valence-corrected chi connectivity index (χ2v) is 19.3. The maximum atomic E-state index is 12.8. The Balaban J connectivity index is 4.27. The summed E-state index contributed by atoms with van der Waals surface area (Å²) in [7, 11) is 0. The lowest BCUT2D eigenvalue weighted by Crippen LogP contribution is -2.30. The first-order valence-corrected chi connectivity index (χ1v) is 27.4. The molecule has 0 amide bonds. The molecule has 6 heteroatoms. The van der Waals surface area contributed by atoms with E-state index in [-0.39, 0.29) is 31.1 Å². The van der Waals surface area contributed by atoms with Crippen LogP contribution in [0.1, 0.15) is 310 Å². The molecule has 0 saturated heterocycles. The molecule has 0 rings (SSSR count).